The Morgan fingerprint density at radius 1 is 0.886 bits per heavy atom. The van der Waals surface area contributed by atoms with Crippen molar-refractivity contribution in [1.82, 2.24) is 4.90 Å². The third-order valence-corrected chi connectivity index (χ3v) is 6.79. The topological polar surface area (TPSA) is 46.6 Å². The maximum absolute atomic E-state index is 12.9. The van der Waals surface area contributed by atoms with Crippen LogP contribution in [0, 0.1) is 5.92 Å². The molecule has 1 heterocycles. The second-order valence-corrected chi connectivity index (χ2v) is 9.70. The highest BCUT2D eigenvalue weighted by atomic mass is 19.4. The van der Waals surface area contributed by atoms with Crippen LogP contribution in [0.15, 0.2) is 24.3 Å². The average molecular weight is 498 g/mol. The minimum atomic E-state index is -4.49. The maximum Gasteiger partial charge on any atom is 0.416 e. The van der Waals surface area contributed by atoms with Crippen molar-refractivity contribution in [3.63, 3.8) is 0 Å². The van der Waals surface area contributed by atoms with Crippen LogP contribution < -0.4 is 0 Å². The third-order valence-electron chi connectivity index (χ3n) is 6.79. The van der Waals surface area contributed by atoms with E-state index in [4.69, 9.17) is 4.74 Å². The number of carbonyl (C=O) groups is 2. The molecule has 4 nitrogen and oxygen atoms in total. The van der Waals surface area contributed by atoms with E-state index < -0.39 is 17.6 Å². The molecule has 1 saturated heterocycles. The molecule has 0 radical (unpaired) electrons. The molecule has 1 amide bonds. The molecule has 1 fully saturated rings. The zero-order valence-electron chi connectivity index (χ0n) is 21.2. The van der Waals surface area contributed by atoms with Crippen LogP contribution in [0.5, 0.6) is 0 Å². The van der Waals surface area contributed by atoms with Gasteiger partial charge in [0.1, 0.15) is 0 Å². The Labute approximate surface area is 208 Å². The monoisotopic (exact) mass is 497 g/mol. The number of halogens is 3. The molecule has 1 aliphatic rings. The quantitative estimate of drug-likeness (QED) is 0.183. The number of alkyl halides is 3. The van der Waals surface area contributed by atoms with E-state index in [0.717, 1.165) is 25.0 Å². The van der Waals surface area contributed by atoms with Gasteiger partial charge in [-0.15, -0.1) is 0 Å². The third kappa shape index (κ3) is 11.0. The molecule has 2 rings (SSSR count). The minimum absolute atomic E-state index is 0.0211. The molecule has 0 atom stereocenters. The van der Waals surface area contributed by atoms with E-state index in [0.29, 0.717) is 32.5 Å². The standard InChI is InChI=1S/C28H42F3NO3/c1-2-3-4-5-6-7-8-9-10-11-12-13-21-35-27(34)23-17-19-32(20-18-23)26(33)24-15-14-16-25(22-24)28(29,30)31/h14-16,22-23H,2-13,17-21H2,1H3. The van der Waals surface area contributed by atoms with Gasteiger partial charge in [0.05, 0.1) is 18.1 Å². The van der Waals surface area contributed by atoms with Crippen molar-refractivity contribution in [2.45, 2.75) is 103 Å². The number of unbranched alkanes of at least 4 members (excludes halogenated alkanes) is 11. The summed E-state index contributed by atoms with van der Waals surface area (Å²) in [5, 5.41) is 0. The van der Waals surface area contributed by atoms with E-state index >= 15 is 0 Å². The number of ether oxygens (including phenoxy) is 1. The number of carbonyl (C=O) groups excluding carboxylic acids is 2. The smallest absolute Gasteiger partial charge is 0.416 e. The van der Waals surface area contributed by atoms with Crippen LogP contribution in [0.2, 0.25) is 0 Å². The summed E-state index contributed by atoms with van der Waals surface area (Å²) in [5.41, 5.74) is -0.813. The molecule has 1 aromatic carbocycles. The normalized spacial score (nSPS) is 14.8. The van der Waals surface area contributed by atoms with Gasteiger partial charge < -0.3 is 9.64 Å². The van der Waals surface area contributed by atoms with Gasteiger partial charge in [0.2, 0.25) is 0 Å². The first-order chi connectivity index (χ1) is 16.8. The molecule has 0 unspecified atom stereocenters. The van der Waals surface area contributed by atoms with Crippen LogP contribution in [0.25, 0.3) is 0 Å². The van der Waals surface area contributed by atoms with Crippen molar-refractivity contribution in [3.8, 4) is 0 Å². The Morgan fingerprint density at radius 3 is 1.97 bits per heavy atom. The highest BCUT2D eigenvalue weighted by molar-refractivity contribution is 5.94. The highest BCUT2D eigenvalue weighted by Crippen LogP contribution is 2.30. The molecule has 0 aliphatic carbocycles. The number of rotatable bonds is 15. The molecule has 198 valence electrons. The zero-order chi connectivity index (χ0) is 25.5. The Morgan fingerprint density at radius 2 is 1.43 bits per heavy atom. The van der Waals surface area contributed by atoms with Crippen molar-refractivity contribution in [2.24, 2.45) is 5.92 Å². The summed E-state index contributed by atoms with van der Waals surface area (Å²) in [7, 11) is 0. The Bertz CT molecular complexity index is 758. The molecule has 35 heavy (non-hydrogen) atoms. The first-order valence-corrected chi connectivity index (χ1v) is 13.5. The number of amides is 1. The summed E-state index contributed by atoms with van der Waals surface area (Å²) >= 11 is 0. The van der Waals surface area contributed by atoms with E-state index in [1.165, 1.54) is 81.2 Å². The van der Waals surface area contributed by atoms with Crippen LogP contribution in [-0.4, -0.2) is 36.5 Å². The summed E-state index contributed by atoms with van der Waals surface area (Å²) in [4.78, 5) is 26.5. The van der Waals surface area contributed by atoms with Gasteiger partial charge in [-0.1, -0.05) is 83.6 Å². The van der Waals surface area contributed by atoms with E-state index in [-0.39, 0.29) is 17.5 Å². The number of piperidine rings is 1. The Kier molecular flexibility index (Phi) is 13.2. The van der Waals surface area contributed by atoms with E-state index in [1.807, 2.05) is 0 Å². The lowest BCUT2D eigenvalue weighted by molar-refractivity contribution is -0.150. The van der Waals surface area contributed by atoms with E-state index in [2.05, 4.69) is 6.92 Å². The van der Waals surface area contributed by atoms with Crippen molar-refractivity contribution < 1.29 is 27.5 Å². The molecule has 0 aromatic heterocycles. The summed E-state index contributed by atoms with van der Waals surface area (Å²) in [6, 6.07) is 4.48. The van der Waals surface area contributed by atoms with Gasteiger partial charge in [0.15, 0.2) is 0 Å². The average Bonchev–Trinajstić information content (AvgIpc) is 2.86. The maximum atomic E-state index is 12.9. The van der Waals surface area contributed by atoms with Crippen LogP contribution >= 0.6 is 0 Å². The number of hydrogen-bond donors (Lipinski definition) is 0. The number of nitrogens with zero attached hydrogens (tertiary/aromatic N) is 1. The van der Waals surface area contributed by atoms with Crippen LogP contribution in [0.4, 0.5) is 13.2 Å². The van der Waals surface area contributed by atoms with Gasteiger partial charge >= 0.3 is 12.1 Å². The number of benzene rings is 1. The summed E-state index contributed by atoms with van der Waals surface area (Å²) in [6.45, 7) is 3.35. The largest absolute Gasteiger partial charge is 0.465 e. The highest BCUT2D eigenvalue weighted by Gasteiger charge is 2.32. The van der Waals surface area contributed by atoms with Gasteiger partial charge in [0, 0.05) is 18.7 Å². The lowest BCUT2D eigenvalue weighted by Gasteiger charge is -2.31. The summed E-state index contributed by atoms with van der Waals surface area (Å²) in [5.74, 6) is -0.906. The first kappa shape index (κ1) is 29.2. The molecule has 7 heteroatoms. The molecule has 0 spiro atoms. The van der Waals surface area contributed by atoms with Crippen LogP contribution in [0.1, 0.15) is 113 Å². The second kappa shape index (κ2) is 15.8. The Hall–Kier alpha value is -2.05. The van der Waals surface area contributed by atoms with Crippen molar-refractivity contribution >= 4 is 11.9 Å². The lowest BCUT2D eigenvalue weighted by atomic mass is 9.96. The second-order valence-electron chi connectivity index (χ2n) is 9.70. The summed E-state index contributed by atoms with van der Waals surface area (Å²) in [6.07, 6.45) is 11.5. The van der Waals surface area contributed by atoms with E-state index in [9.17, 15) is 22.8 Å². The SMILES string of the molecule is CCCCCCCCCCCCCCOC(=O)C1CCN(C(=O)c2cccc(C(F)(F)F)c2)CC1. The number of hydrogen-bond acceptors (Lipinski definition) is 3. The molecule has 0 bridgehead atoms. The van der Waals surface area contributed by atoms with Crippen molar-refractivity contribution in [1.29, 1.82) is 0 Å². The van der Waals surface area contributed by atoms with Crippen LogP contribution in [0.3, 0.4) is 0 Å². The fourth-order valence-corrected chi connectivity index (χ4v) is 4.56. The van der Waals surface area contributed by atoms with Gasteiger partial charge in [-0.3, -0.25) is 9.59 Å². The summed E-state index contributed by atoms with van der Waals surface area (Å²) < 4.78 is 44.2. The van der Waals surface area contributed by atoms with Gasteiger partial charge in [-0.05, 0) is 37.5 Å². The Balaban J connectivity index is 1.54. The first-order valence-electron chi connectivity index (χ1n) is 13.5. The molecule has 0 N–H and O–H groups in total. The molecule has 1 aliphatic heterocycles. The molecule has 0 saturated carbocycles. The number of esters is 1. The molecular formula is C28H42F3NO3. The fourth-order valence-electron chi connectivity index (χ4n) is 4.56. The lowest BCUT2D eigenvalue weighted by Crippen LogP contribution is -2.40. The van der Waals surface area contributed by atoms with E-state index in [1.54, 1.807) is 0 Å². The fraction of sp³-hybridized carbons (Fsp3) is 0.714. The minimum Gasteiger partial charge on any atom is -0.465 e. The van der Waals surface area contributed by atoms with Crippen LogP contribution in [-0.2, 0) is 15.7 Å². The zero-order valence-corrected chi connectivity index (χ0v) is 21.2. The molecule has 1 aromatic rings. The predicted octanol–water partition coefficient (Wildman–Crippen LogP) is 7.80. The van der Waals surface area contributed by atoms with Crippen molar-refractivity contribution in [3.05, 3.63) is 35.4 Å². The predicted molar refractivity (Wildman–Crippen MR) is 132 cm³/mol. The van der Waals surface area contributed by atoms with Gasteiger partial charge in [-0.25, -0.2) is 0 Å². The van der Waals surface area contributed by atoms with Crippen molar-refractivity contribution in [2.75, 3.05) is 19.7 Å². The number of likely N-dealkylation sites (tertiary alicyclic amines) is 1. The molecular weight excluding hydrogens is 455 g/mol. The van der Waals surface area contributed by atoms with Gasteiger partial charge in [0.25, 0.3) is 5.91 Å². The van der Waals surface area contributed by atoms with Gasteiger partial charge in [-0.2, -0.15) is 13.2 Å².